The molecular weight excluding hydrogens is 1090 g/mol. The molecule has 0 aromatic rings. The number of hydrogen-bond acceptors (Lipinski definition) is 12. The standard InChI is InChI=1S/C71H140N8O8/c1-8-12-16-20-24-28-32-36-40-44-50-72-67(81)62-78(64-70(84)86-60-46-42-38-34-30-26-22-18-14-10-3)55-52-74-66(80)48-53-75(5)56-57-76(6)54-49-69(83)77(7)58-59-79(63-68(82)73-51-45-41-37-33-29-25-21-17-13-9-2)65-71(85)87-61-47-43-39-35-31-27-23-19-15-11-4/h8-65H2,1-7H3,(H,72,81)(H,73,82)(H,74,80). The van der Waals surface area contributed by atoms with Gasteiger partial charge in [-0.1, -0.05) is 259 Å². The van der Waals surface area contributed by atoms with Crippen molar-refractivity contribution in [2.75, 3.05) is 126 Å². The second kappa shape index (κ2) is 64.2. The minimum absolute atomic E-state index is 0.000799. The molecule has 0 fully saturated rings. The second-order valence-corrected chi connectivity index (χ2v) is 25.6. The van der Waals surface area contributed by atoms with Gasteiger partial charge < -0.3 is 40.1 Å². The van der Waals surface area contributed by atoms with Crippen molar-refractivity contribution in [3.8, 4) is 0 Å². The van der Waals surface area contributed by atoms with Gasteiger partial charge in [0.05, 0.1) is 39.4 Å². The van der Waals surface area contributed by atoms with Gasteiger partial charge in [-0.2, -0.15) is 0 Å². The van der Waals surface area contributed by atoms with Gasteiger partial charge in [0.25, 0.3) is 0 Å². The first-order chi connectivity index (χ1) is 42.3. The van der Waals surface area contributed by atoms with Crippen LogP contribution in [0.2, 0.25) is 0 Å². The van der Waals surface area contributed by atoms with E-state index >= 15 is 0 Å². The van der Waals surface area contributed by atoms with Gasteiger partial charge in [-0.25, -0.2) is 0 Å². The molecule has 0 saturated carbocycles. The van der Waals surface area contributed by atoms with Crippen LogP contribution in [0.5, 0.6) is 0 Å². The first kappa shape index (κ1) is 83.7. The lowest BCUT2D eigenvalue weighted by atomic mass is 10.1. The van der Waals surface area contributed by atoms with E-state index < -0.39 is 0 Å². The molecule has 87 heavy (non-hydrogen) atoms. The third-order valence-electron chi connectivity index (χ3n) is 16.9. The van der Waals surface area contributed by atoms with Crippen LogP contribution < -0.4 is 16.0 Å². The maximum absolute atomic E-state index is 13.4. The van der Waals surface area contributed by atoms with Crippen molar-refractivity contribution in [3.05, 3.63) is 0 Å². The molecular formula is C71H140N8O8. The van der Waals surface area contributed by atoms with Crippen molar-refractivity contribution in [3.63, 3.8) is 0 Å². The highest BCUT2D eigenvalue weighted by Gasteiger charge is 2.20. The lowest BCUT2D eigenvalue weighted by Crippen LogP contribution is -2.44. The molecule has 0 aliphatic rings. The summed E-state index contributed by atoms with van der Waals surface area (Å²) in [7, 11) is 5.75. The molecule has 0 saturated heterocycles. The van der Waals surface area contributed by atoms with E-state index in [9.17, 15) is 28.8 Å². The van der Waals surface area contributed by atoms with Crippen LogP contribution in [-0.2, 0) is 38.2 Å². The zero-order valence-corrected chi connectivity index (χ0v) is 58.0. The minimum atomic E-state index is -0.346. The van der Waals surface area contributed by atoms with Crippen LogP contribution in [0.3, 0.4) is 0 Å². The quantitative estimate of drug-likeness (QED) is 0.0389. The summed E-state index contributed by atoms with van der Waals surface area (Å²) in [6.45, 7) is 15.1. The van der Waals surface area contributed by atoms with E-state index in [2.05, 4.69) is 53.4 Å². The van der Waals surface area contributed by atoms with Crippen molar-refractivity contribution in [2.24, 2.45) is 0 Å². The summed E-state index contributed by atoms with van der Waals surface area (Å²) in [6.07, 6.45) is 49.4. The summed E-state index contributed by atoms with van der Waals surface area (Å²) in [5.41, 5.74) is 0. The Kier molecular flexibility index (Phi) is 61.7. The maximum atomic E-state index is 13.4. The molecule has 0 aliphatic carbocycles. The molecule has 3 N–H and O–H groups in total. The molecule has 4 amide bonds. The highest BCUT2D eigenvalue weighted by molar-refractivity contribution is 5.80. The monoisotopic (exact) mass is 1230 g/mol. The number of unbranched alkanes of at least 4 members (excludes halogenated alkanes) is 36. The minimum Gasteiger partial charge on any atom is -0.465 e. The van der Waals surface area contributed by atoms with Crippen LogP contribution in [0.4, 0.5) is 0 Å². The number of carbonyl (C=O) groups excluding carboxylic acids is 6. The Balaban J connectivity index is 4.96. The van der Waals surface area contributed by atoms with Crippen LogP contribution in [0.15, 0.2) is 0 Å². The fraction of sp³-hybridized carbons (Fsp3) is 0.915. The first-order valence-electron chi connectivity index (χ1n) is 36.5. The predicted molar refractivity (Wildman–Crippen MR) is 363 cm³/mol. The van der Waals surface area contributed by atoms with Gasteiger partial charge >= 0.3 is 11.9 Å². The summed E-state index contributed by atoms with van der Waals surface area (Å²) < 4.78 is 11.2. The first-order valence-corrected chi connectivity index (χ1v) is 36.5. The molecule has 0 atom stereocenters. The number of nitrogens with one attached hydrogen (secondary N) is 3. The molecule has 512 valence electrons. The predicted octanol–water partition coefficient (Wildman–Crippen LogP) is 13.8. The van der Waals surface area contributed by atoms with E-state index in [1.165, 1.54) is 193 Å². The Hall–Kier alpha value is -3.34. The third-order valence-corrected chi connectivity index (χ3v) is 16.9. The number of nitrogens with zero attached hydrogens (tertiary/aromatic N) is 5. The van der Waals surface area contributed by atoms with Crippen molar-refractivity contribution >= 4 is 35.6 Å². The van der Waals surface area contributed by atoms with Crippen molar-refractivity contribution in [1.29, 1.82) is 0 Å². The lowest BCUT2D eigenvalue weighted by molar-refractivity contribution is -0.146. The molecule has 0 radical (unpaired) electrons. The number of carbonyl (C=O) groups is 6. The molecule has 0 unspecified atom stereocenters. The van der Waals surface area contributed by atoms with Crippen LogP contribution in [0, 0.1) is 0 Å². The van der Waals surface area contributed by atoms with Gasteiger partial charge in [0.1, 0.15) is 0 Å². The molecule has 0 rings (SSSR count). The fourth-order valence-electron chi connectivity index (χ4n) is 10.8. The highest BCUT2D eigenvalue weighted by Crippen LogP contribution is 2.14. The van der Waals surface area contributed by atoms with Gasteiger partial charge in [0.15, 0.2) is 0 Å². The number of likely N-dealkylation sites (N-methyl/N-ethyl adjacent to an activating group) is 3. The smallest absolute Gasteiger partial charge is 0.320 e. The van der Waals surface area contributed by atoms with Crippen molar-refractivity contribution < 1.29 is 38.2 Å². The summed E-state index contributed by atoms with van der Waals surface area (Å²) in [6, 6.07) is 0. The van der Waals surface area contributed by atoms with E-state index in [1.54, 1.807) is 21.7 Å². The summed E-state index contributed by atoms with van der Waals surface area (Å²) in [5.74, 6) is -1.03. The van der Waals surface area contributed by atoms with Crippen LogP contribution in [0.1, 0.15) is 297 Å². The number of hydrogen-bond donors (Lipinski definition) is 3. The van der Waals surface area contributed by atoms with E-state index in [4.69, 9.17) is 9.47 Å². The summed E-state index contributed by atoms with van der Waals surface area (Å²) in [5, 5.41) is 9.10. The lowest BCUT2D eigenvalue weighted by Gasteiger charge is -2.26. The Morgan fingerprint density at radius 2 is 0.586 bits per heavy atom. The Labute approximate surface area is 535 Å². The number of amides is 4. The van der Waals surface area contributed by atoms with E-state index in [0.717, 1.165) is 64.2 Å². The molecule has 0 heterocycles. The Morgan fingerprint density at radius 1 is 0.287 bits per heavy atom. The second-order valence-electron chi connectivity index (χ2n) is 25.6. The molecule has 0 aliphatic heterocycles. The average Bonchev–Trinajstić information content (AvgIpc) is 3.58. The van der Waals surface area contributed by atoms with Gasteiger partial charge in [-0.15, -0.1) is 0 Å². The van der Waals surface area contributed by atoms with E-state index in [-0.39, 0.29) is 61.7 Å². The van der Waals surface area contributed by atoms with E-state index in [1.807, 2.05) is 14.1 Å². The van der Waals surface area contributed by atoms with Gasteiger partial charge in [0.2, 0.25) is 23.6 Å². The SMILES string of the molecule is CCCCCCCCCCCCNC(=O)CN(CCNC(=O)CCN(C)CCN(C)CCC(=O)N(C)CCN(CC(=O)NCCCCCCCCCCCC)CC(=O)OCCCCCCCCCCCC)CC(=O)OCCCCCCCCCCCC. The summed E-state index contributed by atoms with van der Waals surface area (Å²) in [4.78, 5) is 88.0. The van der Waals surface area contributed by atoms with Gasteiger partial charge in [-0.3, -0.25) is 38.6 Å². The summed E-state index contributed by atoms with van der Waals surface area (Å²) >= 11 is 0. The fourth-order valence-corrected chi connectivity index (χ4v) is 10.8. The Morgan fingerprint density at radius 3 is 0.943 bits per heavy atom. The van der Waals surface area contributed by atoms with Crippen LogP contribution in [0.25, 0.3) is 0 Å². The number of ether oxygens (including phenoxy) is 2. The van der Waals surface area contributed by atoms with Crippen LogP contribution >= 0.6 is 0 Å². The molecule has 0 spiro atoms. The van der Waals surface area contributed by atoms with Crippen molar-refractivity contribution in [2.45, 2.75) is 297 Å². The van der Waals surface area contributed by atoms with Gasteiger partial charge in [0, 0.05) is 85.3 Å². The largest absolute Gasteiger partial charge is 0.465 e. The highest BCUT2D eigenvalue weighted by atomic mass is 16.5. The van der Waals surface area contributed by atoms with Crippen LogP contribution in [-0.4, -0.2) is 186 Å². The van der Waals surface area contributed by atoms with Crippen molar-refractivity contribution in [1.82, 2.24) is 40.4 Å². The number of esters is 2. The zero-order chi connectivity index (χ0) is 63.9. The van der Waals surface area contributed by atoms with Gasteiger partial charge in [-0.05, 0) is 39.8 Å². The number of rotatable bonds is 67. The molecule has 0 bridgehead atoms. The van der Waals surface area contributed by atoms with E-state index in [0.29, 0.717) is 91.5 Å². The maximum Gasteiger partial charge on any atom is 0.320 e. The zero-order valence-electron chi connectivity index (χ0n) is 58.0. The third kappa shape index (κ3) is 60.0. The molecule has 0 aromatic carbocycles. The average molecular weight is 1230 g/mol. The topological polar surface area (TPSA) is 173 Å². The molecule has 16 heteroatoms. The molecule has 16 nitrogen and oxygen atoms in total. The molecule has 0 aromatic heterocycles. The normalized spacial score (nSPS) is 11.5. The Bertz CT molecular complexity index is 1530.